The van der Waals surface area contributed by atoms with Crippen molar-refractivity contribution in [1.29, 1.82) is 0 Å². The molecular weight excluding hydrogens is 286 g/mol. The van der Waals surface area contributed by atoms with Gasteiger partial charge in [-0.05, 0) is 33.8 Å². The molecule has 2 aromatic rings. The van der Waals surface area contributed by atoms with Crippen molar-refractivity contribution < 1.29 is 0 Å². The van der Waals surface area contributed by atoms with Crippen LogP contribution in [0.4, 0.5) is 0 Å². The van der Waals surface area contributed by atoms with Gasteiger partial charge in [-0.2, -0.15) is 0 Å². The first-order valence-corrected chi connectivity index (χ1v) is 6.65. The predicted molar refractivity (Wildman–Crippen MR) is 69.4 cm³/mol. The van der Waals surface area contributed by atoms with Gasteiger partial charge in [-0.3, -0.25) is 4.98 Å². The lowest BCUT2D eigenvalue weighted by molar-refractivity contribution is 1.10. The van der Waals surface area contributed by atoms with Crippen molar-refractivity contribution in [2.45, 2.75) is 11.8 Å². The van der Waals surface area contributed by atoms with Gasteiger partial charge in [-0.25, -0.2) is 9.97 Å². The Balaban J connectivity index is 2.42. The highest BCUT2D eigenvalue weighted by molar-refractivity contribution is 9.10. The van der Waals surface area contributed by atoms with E-state index in [1.807, 2.05) is 12.1 Å². The Hall–Kier alpha value is -0.940. The Morgan fingerprint density at radius 2 is 2.00 bits per heavy atom. The maximum atomic E-state index is 4.34. The Labute approximate surface area is 107 Å². The largest absolute Gasteiger partial charge is 0.252 e. The molecule has 0 atom stereocenters. The zero-order valence-electron chi connectivity index (χ0n) is 8.72. The average molecular weight is 296 g/mol. The molecule has 2 heterocycles. The van der Waals surface area contributed by atoms with Crippen LogP contribution in [0.5, 0.6) is 0 Å². The lowest BCUT2D eigenvalue weighted by atomic mass is 10.3. The summed E-state index contributed by atoms with van der Waals surface area (Å²) in [6.07, 6.45) is 5.23. The summed E-state index contributed by atoms with van der Waals surface area (Å²) in [5.41, 5.74) is 0.849. The molecule has 0 aliphatic carbocycles. The van der Waals surface area contributed by atoms with Gasteiger partial charge in [0.05, 0.1) is 4.47 Å². The number of rotatable bonds is 3. The van der Waals surface area contributed by atoms with Crippen molar-refractivity contribution in [2.75, 3.05) is 5.75 Å². The van der Waals surface area contributed by atoms with Gasteiger partial charge in [0, 0.05) is 23.5 Å². The van der Waals surface area contributed by atoms with Crippen LogP contribution in [0.25, 0.3) is 11.5 Å². The molecule has 0 N–H and O–H groups in total. The molecule has 0 bridgehead atoms. The third kappa shape index (κ3) is 2.59. The van der Waals surface area contributed by atoms with E-state index in [1.165, 1.54) is 0 Å². The number of nitrogens with zero attached hydrogens (tertiary/aromatic N) is 3. The third-order valence-electron chi connectivity index (χ3n) is 1.90. The smallest absolute Gasteiger partial charge is 0.179 e. The van der Waals surface area contributed by atoms with Gasteiger partial charge in [-0.15, -0.1) is 11.8 Å². The van der Waals surface area contributed by atoms with E-state index >= 15 is 0 Å². The number of thioether (sulfide) groups is 1. The van der Waals surface area contributed by atoms with Crippen molar-refractivity contribution in [3.05, 3.63) is 35.2 Å². The number of aromatic nitrogens is 3. The fraction of sp³-hybridized carbons (Fsp3) is 0.182. The number of pyridine rings is 1. The predicted octanol–water partition coefficient (Wildman–Crippen LogP) is 3.41. The lowest BCUT2D eigenvalue weighted by Gasteiger charge is -2.05. The van der Waals surface area contributed by atoms with Crippen LogP contribution in [-0.2, 0) is 0 Å². The van der Waals surface area contributed by atoms with Crippen molar-refractivity contribution in [3.8, 4) is 11.5 Å². The van der Waals surface area contributed by atoms with Gasteiger partial charge in [0.2, 0.25) is 0 Å². The molecule has 2 aromatic heterocycles. The molecular formula is C11H10BrN3S. The van der Waals surface area contributed by atoms with Crippen LogP contribution in [0.1, 0.15) is 6.92 Å². The Bertz CT molecular complexity index is 473. The van der Waals surface area contributed by atoms with Crippen LogP contribution in [0, 0.1) is 0 Å². The molecule has 0 saturated carbocycles. The van der Waals surface area contributed by atoms with Gasteiger partial charge < -0.3 is 0 Å². The molecule has 0 aromatic carbocycles. The summed E-state index contributed by atoms with van der Waals surface area (Å²) in [5, 5.41) is 0. The zero-order chi connectivity index (χ0) is 11.4. The summed E-state index contributed by atoms with van der Waals surface area (Å²) in [5.74, 6) is 1.68. The third-order valence-corrected chi connectivity index (χ3v) is 3.24. The maximum absolute atomic E-state index is 4.34. The van der Waals surface area contributed by atoms with Gasteiger partial charge in [0.25, 0.3) is 0 Å². The molecule has 0 radical (unpaired) electrons. The molecule has 0 aliphatic rings. The molecule has 0 aliphatic heterocycles. The summed E-state index contributed by atoms with van der Waals surface area (Å²) < 4.78 is 0.872. The molecule has 0 spiro atoms. The molecule has 0 fully saturated rings. The van der Waals surface area contributed by atoms with E-state index in [9.17, 15) is 0 Å². The monoisotopic (exact) mass is 295 g/mol. The second kappa shape index (κ2) is 5.41. The highest BCUT2D eigenvalue weighted by Crippen LogP contribution is 2.26. The molecule has 0 amide bonds. The minimum Gasteiger partial charge on any atom is -0.252 e. The van der Waals surface area contributed by atoms with E-state index in [4.69, 9.17) is 0 Å². The van der Waals surface area contributed by atoms with Gasteiger partial charge >= 0.3 is 0 Å². The number of hydrogen-bond donors (Lipinski definition) is 0. The van der Waals surface area contributed by atoms with E-state index in [0.717, 1.165) is 20.8 Å². The molecule has 82 valence electrons. The van der Waals surface area contributed by atoms with Crippen molar-refractivity contribution >= 4 is 27.7 Å². The van der Waals surface area contributed by atoms with Crippen molar-refractivity contribution in [2.24, 2.45) is 0 Å². The summed E-state index contributed by atoms with van der Waals surface area (Å²) in [4.78, 5) is 14.0. The number of hydrogen-bond acceptors (Lipinski definition) is 4. The average Bonchev–Trinajstić information content (AvgIpc) is 2.32. The first-order valence-electron chi connectivity index (χ1n) is 4.87. The van der Waals surface area contributed by atoms with E-state index in [0.29, 0.717) is 5.82 Å². The molecule has 16 heavy (non-hydrogen) atoms. The summed E-state index contributed by atoms with van der Waals surface area (Å²) in [6, 6.07) is 3.97. The molecule has 5 heteroatoms. The van der Waals surface area contributed by atoms with E-state index < -0.39 is 0 Å². The van der Waals surface area contributed by atoms with Crippen LogP contribution in [0.3, 0.4) is 0 Å². The first-order chi connectivity index (χ1) is 7.81. The molecule has 0 saturated heterocycles. The Kier molecular flexibility index (Phi) is 3.90. The van der Waals surface area contributed by atoms with E-state index in [1.54, 1.807) is 30.4 Å². The van der Waals surface area contributed by atoms with Gasteiger partial charge in [0.15, 0.2) is 5.82 Å². The molecule has 2 rings (SSSR count). The van der Waals surface area contributed by atoms with Crippen LogP contribution in [0.2, 0.25) is 0 Å². The summed E-state index contributed by atoms with van der Waals surface area (Å²) in [7, 11) is 0. The summed E-state index contributed by atoms with van der Waals surface area (Å²) >= 11 is 5.06. The SMILES string of the molecule is CCSc1cccnc1-c1ncc(Br)cn1. The highest BCUT2D eigenvalue weighted by Gasteiger charge is 2.08. The van der Waals surface area contributed by atoms with Crippen LogP contribution >= 0.6 is 27.7 Å². The quantitative estimate of drug-likeness (QED) is 0.814. The standard InChI is InChI=1S/C11H10BrN3S/c1-2-16-9-4-3-5-13-10(9)11-14-6-8(12)7-15-11/h3-7H,2H2,1H3. The van der Waals surface area contributed by atoms with E-state index in [2.05, 4.69) is 37.8 Å². The molecule has 3 nitrogen and oxygen atoms in total. The Morgan fingerprint density at radius 1 is 1.25 bits per heavy atom. The normalized spacial score (nSPS) is 10.4. The maximum Gasteiger partial charge on any atom is 0.179 e. The fourth-order valence-corrected chi connectivity index (χ4v) is 2.24. The Morgan fingerprint density at radius 3 is 2.69 bits per heavy atom. The lowest BCUT2D eigenvalue weighted by Crippen LogP contribution is -1.93. The first kappa shape index (κ1) is 11.5. The van der Waals surface area contributed by atoms with Crippen LogP contribution < -0.4 is 0 Å². The second-order valence-electron chi connectivity index (χ2n) is 3.01. The van der Waals surface area contributed by atoms with E-state index in [-0.39, 0.29) is 0 Å². The number of halogens is 1. The fourth-order valence-electron chi connectivity index (χ4n) is 1.27. The van der Waals surface area contributed by atoms with Crippen LogP contribution in [-0.4, -0.2) is 20.7 Å². The van der Waals surface area contributed by atoms with Gasteiger partial charge in [-0.1, -0.05) is 6.92 Å². The zero-order valence-corrected chi connectivity index (χ0v) is 11.1. The summed E-state index contributed by atoms with van der Waals surface area (Å²) in [6.45, 7) is 2.11. The van der Waals surface area contributed by atoms with Crippen molar-refractivity contribution in [1.82, 2.24) is 15.0 Å². The van der Waals surface area contributed by atoms with Crippen LogP contribution in [0.15, 0.2) is 40.1 Å². The minimum absolute atomic E-state index is 0.666. The minimum atomic E-state index is 0.666. The molecule has 0 unspecified atom stereocenters. The second-order valence-corrected chi connectivity index (χ2v) is 5.23. The van der Waals surface area contributed by atoms with Gasteiger partial charge in [0.1, 0.15) is 5.69 Å². The highest BCUT2D eigenvalue weighted by atomic mass is 79.9. The van der Waals surface area contributed by atoms with Crippen molar-refractivity contribution in [3.63, 3.8) is 0 Å². The topological polar surface area (TPSA) is 38.7 Å².